The Labute approximate surface area is 124 Å². The second-order valence-electron chi connectivity index (χ2n) is 4.56. The van der Waals surface area contributed by atoms with E-state index in [-0.39, 0.29) is 12.4 Å². The van der Waals surface area contributed by atoms with Crippen molar-refractivity contribution in [3.63, 3.8) is 0 Å². The van der Waals surface area contributed by atoms with Gasteiger partial charge in [0.25, 0.3) is 11.5 Å². The molecule has 0 saturated heterocycles. The first-order chi connectivity index (χ1) is 10.4. The maximum Gasteiger partial charge on any atom is 0.296 e. The summed E-state index contributed by atoms with van der Waals surface area (Å²) in [4.78, 5) is 27.5. The fraction of sp³-hybridized carbons (Fsp3) is 0.214. The predicted octanol–water partition coefficient (Wildman–Crippen LogP) is 0.0473. The number of amides is 1. The number of carbonyl (C=O) groups is 1. The molecule has 0 atom stereocenters. The summed E-state index contributed by atoms with van der Waals surface area (Å²) < 4.78 is 13.7. The number of nitrogens with zero attached hydrogens (tertiary/aromatic N) is 2. The monoisotopic (exact) mass is 307 g/mol. The van der Waals surface area contributed by atoms with Crippen LogP contribution in [0.2, 0.25) is 0 Å². The third-order valence-electron chi connectivity index (χ3n) is 3.08. The number of aromatic hydroxyl groups is 1. The number of hydrogen-bond acceptors (Lipinski definition) is 5. The van der Waals surface area contributed by atoms with Gasteiger partial charge in [-0.25, -0.2) is 9.37 Å². The summed E-state index contributed by atoms with van der Waals surface area (Å²) in [6, 6.07) is 5.48. The number of aromatic nitrogens is 2. The number of aliphatic hydroxyl groups excluding tert-OH is 1. The van der Waals surface area contributed by atoms with Crippen molar-refractivity contribution in [2.24, 2.45) is 7.05 Å². The standard InChI is InChI=1S/C14H14FN3O4/c1-18-10(7-19)17-11(12(20)14(18)22)13(21)16-6-8-2-4-9(15)5-3-8/h2-5,19-20H,6-7H2,1H3,(H,16,21). The average Bonchev–Trinajstić information content (AvgIpc) is 2.52. The zero-order valence-electron chi connectivity index (χ0n) is 11.7. The Morgan fingerprint density at radius 1 is 1.36 bits per heavy atom. The normalized spacial score (nSPS) is 10.5. The molecule has 116 valence electrons. The summed E-state index contributed by atoms with van der Waals surface area (Å²) in [5, 5.41) is 21.3. The van der Waals surface area contributed by atoms with E-state index in [1.54, 1.807) is 0 Å². The van der Waals surface area contributed by atoms with Crippen molar-refractivity contribution in [2.45, 2.75) is 13.2 Å². The Morgan fingerprint density at radius 3 is 2.59 bits per heavy atom. The van der Waals surface area contributed by atoms with Gasteiger partial charge in [-0.2, -0.15) is 0 Å². The van der Waals surface area contributed by atoms with Crippen LogP contribution in [0.4, 0.5) is 4.39 Å². The predicted molar refractivity (Wildman–Crippen MR) is 74.6 cm³/mol. The third-order valence-corrected chi connectivity index (χ3v) is 3.08. The fourth-order valence-corrected chi connectivity index (χ4v) is 1.80. The quantitative estimate of drug-likeness (QED) is 0.740. The summed E-state index contributed by atoms with van der Waals surface area (Å²) in [6.45, 7) is -0.478. The second kappa shape index (κ2) is 6.35. The fourth-order valence-electron chi connectivity index (χ4n) is 1.80. The van der Waals surface area contributed by atoms with Crippen LogP contribution < -0.4 is 10.9 Å². The van der Waals surface area contributed by atoms with Gasteiger partial charge in [0, 0.05) is 13.6 Å². The summed E-state index contributed by atoms with van der Waals surface area (Å²) >= 11 is 0. The van der Waals surface area contributed by atoms with E-state index in [1.165, 1.54) is 31.3 Å². The van der Waals surface area contributed by atoms with Crippen LogP contribution in [0, 0.1) is 5.82 Å². The van der Waals surface area contributed by atoms with Crippen molar-refractivity contribution in [1.29, 1.82) is 0 Å². The van der Waals surface area contributed by atoms with Gasteiger partial charge >= 0.3 is 0 Å². The number of hydrogen-bond donors (Lipinski definition) is 3. The van der Waals surface area contributed by atoms with Gasteiger partial charge in [0.1, 0.15) is 18.2 Å². The summed E-state index contributed by atoms with van der Waals surface area (Å²) in [5.74, 6) is -2.01. The summed E-state index contributed by atoms with van der Waals surface area (Å²) in [5.41, 5.74) is -0.652. The second-order valence-corrected chi connectivity index (χ2v) is 4.56. The minimum atomic E-state index is -0.828. The van der Waals surface area contributed by atoms with E-state index < -0.39 is 35.3 Å². The lowest BCUT2D eigenvalue weighted by Crippen LogP contribution is -2.30. The van der Waals surface area contributed by atoms with Gasteiger partial charge in [0.15, 0.2) is 5.69 Å². The van der Waals surface area contributed by atoms with Gasteiger partial charge in [-0.3, -0.25) is 14.2 Å². The molecule has 1 aromatic heterocycles. The number of nitrogens with one attached hydrogen (secondary N) is 1. The molecule has 1 heterocycles. The molecule has 2 rings (SSSR count). The van der Waals surface area contributed by atoms with E-state index in [1.807, 2.05) is 0 Å². The Kier molecular flexibility index (Phi) is 4.52. The molecule has 1 amide bonds. The number of rotatable bonds is 4. The molecule has 1 aromatic carbocycles. The van der Waals surface area contributed by atoms with Crippen LogP contribution in [0.1, 0.15) is 21.9 Å². The molecule has 0 saturated carbocycles. The van der Waals surface area contributed by atoms with Crippen LogP contribution in [0.25, 0.3) is 0 Å². The van der Waals surface area contributed by atoms with Crippen molar-refractivity contribution in [1.82, 2.24) is 14.9 Å². The van der Waals surface area contributed by atoms with Crippen LogP contribution in [0.3, 0.4) is 0 Å². The number of benzene rings is 1. The zero-order chi connectivity index (χ0) is 16.3. The lowest BCUT2D eigenvalue weighted by Gasteiger charge is -2.10. The molecular formula is C14H14FN3O4. The zero-order valence-corrected chi connectivity index (χ0v) is 11.7. The van der Waals surface area contributed by atoms with Gasteiger partial charge in [0.2, 0.25) is 5.75 Å². The average molecular weight is 307 g/mol. The SMILES string of the molecule is Cn1c(CO)nc(C(=O)NCc2ccc(F)cc2)c(O)c1=O. The Hall–Kier alpha value is -2.74. The van der Waals surface area contributed by atoms with Gasteiger partial charge < -0.3 is 15.5 Å². The van der Waals surface area contributed by atoms with E-state index in [9.17, 15) is 19.1 Å². The van der Waals surface area contributed by atoms with Crippen LogP contribution >= 0.6 is 0 Å². The van der Waals surface area contributed by atoms with E-state index in [4.69, 9.17) is 5.11 Å². The van der Waals surface area contributed by atoms with Gasteiger partial charge in [-0.05, 0) is 17.7 Å². The van der Waals surface area contributed by atoms with Gasteiger partial charge in [-0.15, -0.1) is 0 Å². The van der Waals surface area contributed by atoms with Crippen LogP contribution in [0.5, 0.6) is 5.75 Å². The molecular weight excluding hydrogens is 293 g/mol. The van der Waals surface area contributed by atoms with Crippen molar-refractivity contribution < 1.29 is 19.4 Å². The molecule has 0 radical (unpaired) electrons. The van der Waals surface area contributed by atoms with E-state index in [2.05, 4.69) is 10.3 Å². The highest BCUT2D eigenvalue weighted by atomic mass is 19.1. The van der Waals surface area contributed by atoms with Crippen molar-refractivity contribution >= 4 is 5.91 Å². The van der Waals surface area contributed by atoms with Gasteiger partial charge in [0.05, 0.1) is 0 Å². The maximum atomic E-state index is 12.8. The van der Waals surface area contributed by atoms with Crippen LogP contribution in [0.15, 0.2) is 29.1 Å². The molecule has 0 aliphatic carbocycles. The molecule has 0 unspecified atom stereocenters. The van der Waals surface area contributed by atoms with E-state index in [0.717, 1.165) is 4.57 Å². The molecule has 0 fully saturated rings. The van der Waals surface area contributed by atoms with E-state index >= 15 is 0 Å². The highest BCUT2D eigenvalue weighted by Gasteiger charge is 2.19. The number of aliphatic hydroxyl groups is 1. The van der Waals surface area contributed by atoms with Crippen LogP contribution in [-0.2, 0) is 20.2 Å². The minimum Gasteiger partial charge on any atom is -0.501 e. The highest BCUT2D eigenvalue weighted by molar-refractivity contribution is 5.94. The molecule has 3 N–H and O–H groups in total. The minimum absolute atomic E-state index is 0.0465. The topological polar surface area (TPSA) is 104 Å². The van der Waals surface area contributed by atoms with Crippen molar-refractivity contribution in [2.75, 3.05) is 0 Å². The largest absolute Gasteiger partial charge is 0.501 e. The van der Waals surface area contributed by atoms with Crippen molar-refractivity contribution in [3.8, 4) is 5.75 Å². The number of carbonyl (C=O) groups excluding carboxylic acids is 1. The van der Waals surface area contributed by atoms with Crippen molar-refractivity contribution in [3.05, 3.63) is 57.5 Å². The molecule has 0 bridgehead atoms. The smallest absolute Gasteiger partial charge is 0.296 e. The molecule has 22 heavy (non-hydrogen) atoms. The first-order valence-corrected chi connectivity index (χ1v) is 6.36. The molecule has 0 aliphatic rings. The number of halogens is 1. The molecule has 2 aromatic rings. The molecule has 7 nitrogen and oxygen atoms in total. The summed E-state index contributed by atoms with van der Waals surface area (Å²) in [7, 11) is 1.32. The first-order valence-electron chi connectivity index (χ1n) is 6.36. The molecule has 0 aliphatic heterocycles. The molecule has 8 heteroatoms. The third kappa shape index (κ3) is 3.12. The van der Waals surface area contributed by atoms with E-state index in [0.29, 0.717) is 5.56 Å². The van der Waals surface area contributed by atoms with Gasteiger partial charge in [-0.1, -0.05) is 12.1 Å². The summed E-state index contributed by atoms with van der Waals surface area (Å²) in [6.07, 6.45) is 0. The first kappa shape index (κ1) is 15.6. The lowest BCUT2D eigenvalue weighted by molar-refractivity contribution is 0.0941. The van der Waals surface area contributed by atoms with Crippen LogP contribution in [-0.4, -0.2) is 25.7 Å². The maximum absolute atomic E-state index is 12.8. The Bertz CT molecular complexity index is 756. The lowest BCUT2D eigenvalue weighted by atomic mass is 10.2. The highest BCUT2D eigenvalue weighted by Crippen LogP contribution is 2.10. The molecule has 0 spiro atoms. The Morgan fingerprint density at radius 2 is 2.00 bits per heavy atom. The Balaban J connectivity index is 2.21.